The van der Waals surface area contributed by atoms with Crippen LogP contribution in [0, 0.1) is 30.1 Å². The number of rotatable bonds is 22. The molecule has 3 N–H and O–H groups in total. The average Bonchev–Trinajstić information content (AvgIpc) is 3.31. The van der Waals surface area contributed by atoms with Crippen molar-refractivity contribution in [3.05, 3.63) is 70.6 Å². The molecule has 4 heterocycles. The van der Waals surface area contributed by atoms with E-state index in [4.69, 9.17) is 9.72 Å². The van der Waals surface area contributed by atoms with Crippen LogP contribution in [0.2, 0.25) is 0 Å². The Hall–Kier alpha value is -4.68. The maximum atomic E-state index is 13.6. The lowest BCUT2D eigenvalue weighted by atomic mass is 9.58. The number of aromatic nitrogens is 3. The molecule has 0 spiro atoms. The van der Waals surface area contributed by atoms with E-state index in [-0.39, 0.29) is 16.9 Å². The number of nitrogens with zero attached hydrogens (tertiary/aromatic N) is 6. The highest BCUT2D eigenvalue weighted by molar-refractivity contribution is 5.81. The van der Waals surface area contributed by atoms with Gasteiger partial charge in [0, 0.05) is 80.3 Å². The van der Waals surface area contributed by atoms with Crippen LogP contribution in [0.1, 0.15) is 135 Å². The fourth-order valence-electron chi connectivity index (χ4n) is 12.4. The van der Waals surface area contributed by atoms with E-state index < -0.39 is 0 Å². The Morgan fingerprint density at radius 2 is 1.51 bits per heavy atom. The molecule has 4 aliphatic rings. The normalized spacial score (nSPS) is 22.6. The van der Waals surface area contributed by atoms with Crippen molar-refractivity contribution in [1.82, 2.24) is 29.7 Å². The molecule has 8 rings (SSSR count). The first-order chi connectivity index (χ1) is 33.0. The lowest BCUT2D eigenvalue weighted by Crippen LogP contribution is -2.46. The predicted molar refractivity (Wildman–Crippen MR) is 280 cm³/mol. The van der Waals surface area contributed by atoms with E-state index in [1.54, 1.807) is 23.9 Å². The summed E-state index contributed by atoms with van der Waals surface area (Å²) in [6.45, 7) is 15.0. The third-order valence-electron chi connectivity index (χ3n) is 15.8. The number of ether oxygens (including phenoxy) is 1. The van der Waals surface area contributed by atoms with E-state index in [1.807, 2.05) is 31.2 Å². The summed E-state index contributed by atoms with van der Waals surface area (Å²) >= 11 is 0. The number of piperazine rings is 1. The standard InChI is InChI=1S/C56H83N9O3/c1-41-31-43-34-44(32-41)38-56(3,37-43)39-52(66)57-23-14-12-10-8-6-7-9-11-13-15-24-63-27-29-64(30-28-63)47-19-20-50(51(36-47)68-5)60-55-58-40-49-42(2)33-53(67)65(54(49)61-55)48-18-16-17-46(35-48)59-45-21-25-62(4)26-22-45/h16-20,33,35-36,40-41,43-45,59H,6-15,21-32,34,37-39H2,1-5H3,(H,57,66)(H,58,60,61). The van der Waals surface area contributed by atoms with Crippen LogP contribution < -0.4 is 31.1 Å². The Bertz CT molecular complexity index is 2300. The number of methoxy groups -OCH3 is 1. The van der Waals surface area contributed by atoms with Crippen LogP contribution >= 0.6 is 0 Å². The summed E-state index contributed by atoms with van der Waals surface area (Å²) in [5.41, 5.74) is 5.17. The molecule has 0 radical (unpaired) electrons. The number of piperidine rings is 1. The second-order valence-corrected chi connectivity index (χ2v) is 21.9. The number of nitrogens with one attached hydrogen (secondary N) is 3. The number of carbonyl (C=O) groups is 1. The maximum absolute atomic E-state index is 13.6. The highest BCUT2D eigenvalue weighted by Gasteiger charge is 2.41. The summed E-state index contributed by atoms with van der Waals surface area (Å²) in [7, 11) is 3.87. The topological polar surface area (TPSA) is 120 Å². The van der Waals surface area contributed by atoms with Gasteiger partial charge in [-0.05, 0) is 150 Å². The quantitative estimate of drug-likeness (QED) is 0.0657. The Kier molecular flexibility index (Phi) is 17.4. The summed E-state index contributed by atoms with van der Waals surface area (Å²) < 4.78 is 7.59. The fraction of sp³-hybridized carbons (Fsp3) is 0.643. The molecule has 4 fully saturated rings. The highest BCUT2D eigenvalue weighted by Crippen LogP contribution is 2.51. The third-order valence-corrected chi connectivity index (χ3v) is 15.8. The van der Waals surface area contributed by atoms with Crippen LogP contribution in [0.4, 0.5) is 23.0 Å². The molecular weight excluding hydrogens is 847 g/mol. The summed E-state index contributed by atoms with van der Waals surface area (Å²) in [6.07, 6.45) is 24.2. The lowest BCUT2D eigenvalue weighted by molar-refractivity contribution is -0.124. The summed E-state index contributed by atoms with van der Waals surface area (Å²) in [5.74, 6) is 3.98. The van der Waals surface area contributed by atoms with Gasteiger partial charge < -0.3 is 30.5 Å². The minimum absolute atomic E-state index is 0.128. The molecule has 4 aromatic rings. The van der Waals surface area contributed by atoms with Crippen LogP contribution in [0.3, 0.4) is 0 Å². The van der Waals surface area contributed by atoms with Crippen molar-refractivity contribution in [1.29, 1.82) is 0 Å². The zero-order valence-electron chi connectivity index (χ0n) is 42.3. The van der Waals surface area contributed by atoms with Crippen molar-refractivity contribution in [3.8, 4) is 11.4 Å². The molecule has 2 saturated heterocycles. The Balaban J connectivity index is 0.713. The zero-order valence-corrected chi connectivity index (χ0v) is 42.3. The predicted octanol–water partition coefficient (Wildman–Crippen LogP) is 10.7. The zero-order chi connectivity index (χ0) is 47.5. The van der Waals surface area contributed by atoms with Gasteiger partial charge in [-0.25, -0.2) is 4.98 Å². The first-order valence-corrected chi connectivity index (χ1v) is 26.6. The number of carbonyl (C=O) groups excluding carboxylic acids is 1. The fourth-order valence-corrected chi connectivity index (χ4v) is 12.4. The van der Waals surface area contributed by atoms with Gasteiger partial charge in [-0.1, -0.05) is 71.3 Å². The van der Waals surface area contributed by atoms with E-state index in [0.29, 0.717) is 17.6 Å². The van der Waals surface area contributed by atoms with Gasteiger partial charge in [0.1, 0.15) is 5.75 Å². The number of hydrogen-bond acceptors (Lipinski definition) is 10. The van der Waals surface area contributed by atoms with Gasteiger partial charge in [0.25, 0.3) is 5.56 Å². The largest absolute Gasteiger partial charge is 0.494 e. The number of benzene rings is 2. The third kappa shape index (κ3) is 13.5. The molecular formula is C56H83N9O3. The summed E-state index contributed by atoms with van der Waals surface area (Å²) in [6, 6.07) is 16.4. The molecule has 68 heavy (non-hydrogen) atoms. The summed E-state index contributed by atoms with van der Waals surface area (Å²) in [5, 5.41) is 11.2. The number of hydrogen-bond donors (Lipinski definition) is 3. The van der Waals surface area contributed by atoms with Crippen molar-refractivity contribution in [2.45, 2.75) is 142 Å². The number of amides is 1. The molecule has 12 nitrogen and oxygen atoms in total. The lowest BCUT2D eigenvalue weighted by Gasteiger charge is -2.47. The number of likely N-dealkylation sites (tertiary alicyclic amines) is 1. The van der Waals surface area contributed by atoms with Gasteiger partial charge in [-0.15, -0.1) is 0 Å². The highest BCUT2D eigenvalue weighted by atomic mass is 16.5. The van der Waals surface area contributed by atoms with Crippen LogP contribution in [-0.4, -0.2) is 103 Å². The van der Waals surface area contributed by atoms with Gasteiger partial charge in [0.2, 0.25) is 11.9 Å². The van der Waals surface area contributed by atoms with Gasteiger partial charge >= 0.3 is 0 Å². The monoisotopic (exact) mass is 930 g/mol. The second-order valence-electron chi connectivity index (χ2n) is 21.9. The molecule has 2 aliphatic heterocycles. The van der Waals surface area contributed by atoms with E-state index in [0.717, 1.165) is 129 Å². The van der Waals surface area contributed by atoms with Crippen molar-refractivity contribution < 1.29 is 9.53 Å². The second kappa shape index (κ2) is 23.8. The maximum Gasteiger partial charge on any atom is 0.257 e. The first kappa shape index (κ1) is 49.7. The van der Waals surface area contributed by atoms with Gasteiger partial charge in [0.05, 0.1) is 18.5 Å². The molecule has 2 bridgehead atoms. The van der Waals surface area contributed by atoms with Gasteiger partial charge in [0.15, 0.2) is 5.65 Å². The molecule has 2 aromatic heterocycles. The van der Waals surface area contributed by atoms with Crippen LogP contribution in [0.15, 0.2) is 59.5 Å². The van der Waals surface area contributed by atoms with Crippen molar-refractivity contribution in [2.75, 3.05) is 82.0 Å². The Morgan fingerprint density at radius 1 is 0.824 bits per heavy atom. The smallest absolute Gasteiger partial charge is 0.257 e. The van der Waals surface area contributed by atoms with Crippen molar-refractivity contribution in [3.63, 3.8) is 0 Å². The molecule has 2 atom stereocenters. The number of anilines is 4. The van der Waals surface area contributed by atoms with Crippen LogP contribution in [-0.2, 0) is 4.79 Å². The van der Waals surface area contributed by atoms with E-state index in [2.05, 4.69) is 74.7 Å². The van der Waals surface area contributed by atoms with E-state index in [1.165, 1.54) is 96.4 Å². The Labute approximate surface area is 407 Å². The van der Waals surface area contributed by atoms with Crippen molar-refractivity contribution in [2.24, 2.45) is 23.2 Å². The number of pyridine rings is 1. The SMILES string of the molecule is COc1cc(N2CCN(CCCCCCCCCCCCNC(=O)CC3(C)CC4CC(C)CC(C4)C3)CC2)ccc1Nc1ncc2c(C)cc(=O)n(-c3cccc(NC4CCN(C)CC4)c3)c2n1. The van der Waals surface area contributed by atoms with E-state index in [9.17, 15) is 9.59 Å². The average molecular weight is 930 g/mol. The van der Waals surface area contributed by atoms with E-state index >= 15 is 0 Å². The van der Waals surface area contributed by atoms with Crippen molar-refractivity contribution >= 4 is 40.0 Å². The number of aryl methyl sites for hydroxylation is 1. The number of unbranched alkanes of at least 4 members (excludes halogenated alkanes) is 9. The molecule has 2 aromatic carbocycles. The summed E-state index contributed by atoms with van der Waals surface area (Å²) in [4.78, 5) is 43.4. The van der Waals surface area contributed by atoms with Crippen LogP contribution in [0.25, 0.3) is 16.7 Å². The molecule has 2 unspecified atom stereocenters. The molecule has 12 heteroatoms. The van der Waals surface area contributed by atoms with Crippen LogP contribution in [0.5, 0.6) is 5.75 Å². The molecule has 370 valence electrons. The number of fused-ring (bicyclic) bond motifs is 3. The minimum atomic E-state index is -0.128. The van der Waals surface area contributed by atoms with Gasteiger partial charge in [-0.2, -0.15) is 4.98 Å². The minimum Gasteiger partial charge on any atom is -0.494 e. The first-order valence-electron chi connectivity index (χ1n) is 26.6. The molecule has 2 aliphatic carbocycles. The molecule has 1 amide bonds. The van der Waals surface area contributed by atoms with Gasteiger partial charge in [-0.3, -0.25) is 19.1 Å². The molecule has 2 saturated carbocycles. The Morgan fingerprint density at radius 3 is 2.22 bits per heavy atom.